The fourth-order valence-electron chi connectivity index (χ4n) is 2.48. The molecule has 0 spiro atoms. The van der Waals surface area contributed by atoms with Crippen LogP contribution in [0.5, 0.6) is 17.2 Å². The molecule has 0 aliphatic carbocycles. The molecule has 2 rings (SSSR count). The number of carboxylic acids is 1. The fourth-order valence-corrected chi connectivity index (χ4v) is 2.48. The maximum atomic E-state index is 12.1. The van der Waals surface area contributed by atoms with Crippen LogP contribution in [-0.4, -0.2) is 29.4 Å². The summed E-state index contributed by atoms with van der Waals surface area (Å²) in [5.74, 6) is -0.878. The van der Waals surface area contributed by atoms with Crippen LogP contribution in [0.25, 0.3) is 11.0 Å². The van der Waals surface area contributed by atoms with Gasteiger partial charge in [-0.2, -0.15) is 0 Å². The zero-order valence-electron chi connectivity index (χ0n) is 14.8. The van der Waals surface area contributed by atoms with Crippen LogP contribution in [-0.2, 0) is 4.79 Å². The van der Waals surface area contributed by atoms with Crippen molar-refractivity contribution in [1.29, 1.82) is 0 Å². The van der Waals surface area contributed by atoms with Gasteiger partial charge in [0.15, 0.2) is 5.75 Å². The summed E-state index contributed by atoms with van der Waals surface area (Å²) in [7, 11) is 0. The lowest BCUT2D eigenvalue weighted by Gasteiger charge is -2.10. The summed E-state index contributed by atoms with van der Waals surface area (Å²) in [6, 6.07) is 4.68. The van der Waals surface area contributed by atoms with Crippen LogP contribution in [0.15, 0.2) is 27.4 Å². The topological polar surface area (TPSA) is 106 Å². The van der Waals surface area contributed by atoms with Gasteiger partial charge in [-0.1, -0.05) is 26.2 Å². The van der Waals surface area contributed by atoms with E-state index in [-0.39, 0.29) is 30.1 Å². The number of fused-ring (bicyclic) bond motifs is 1. The van der Waals surface area contributed by atoms with Gasteiger partial charge in [0.05, 0.1) is 18.6 Å². The van der Waals surface area contributed by atoms with E-state index in [4.69, 9.17) is 19.0 Å². The van der Waals surface area contributed by atoms with Crippen molar-refractivity contribution in [1.82, 2.24) is 0 Å². The van der Waals surface area contributed by atoms with Crippen LogP contribution < -0.4 is 15.1 Å². The smallest absolute Gasteiger partial charge is 0.383 e. The van der Waals surface area contributed by atoms with Gasteiger partial charge in [-0.3, -0.25) is 4.79 Å². The Morgan fingerprint density at radius 1 is 1.12 bits per heavy atom. The lowest BCUT2D eigenvalue weighted by Crippen LogP contribution is -2.08. The number of carboxylic acid groups (broad SMARTS) is 1. The van der Waals surface area contributed by atoms with E-state index in [0.717, 1.165) is 25.7 Å². The van der Waals surface area contributed by atoms with E-state index in [9.17, 15) is 14.7 Å². The third-order valence-electron chi connectivity index (χ3n) is 3.86. The SMILES string of the molecule is CCCCCCOc1c(O)c2ccc(OCCCC(=O)O)cc2oc1=O. The Hall–Kier alpha value is -2.70. The number of unbranched alkanes of at least 4 members (excludes halogenated alkanes) is 3. The van der Waals surface area contributed by atoms with Crippen molar-refractivity contribution >= 4 is 16.9 Å². The van der Waals surface area contributed by atoms with Crippen molar-refractivity contribution in [2.45, 2.75) is 45.4 Å². The van der Waals surface area contributed by atoms with Crippen molar-refractivity contribution < 1.29 is 28.9 Å². The Morgan fingerprint density at radius 2 is 1.88 bits per heavy atom. The maximum Gasteiger partial charge on any atom is 0.383 e. The zero-order chi connectivity index (χ0) is 18.9. The molecule has 0 amide bonds. The van der Waals surface area contributed by atoms with Crippen molar-refractivity contribution in [3.8, 4) is 17.2 Å². The first kappa shape index (κ1) is 19.6. The van der Waals surface area contributed by atoms with Crippen LogP contribution >= 0.6 is 0 Å². The molecule has 0 bridgehead atoms. The molecule has 142 valence electrons. The van der Waals surface area contributed by atoms with Crippen molar-refractivity contribution in [2.24, 2.45) is 0 Å². The molecule has 0 atom stereocenters. The minimum absolute atomic E-state index is 0.0163. The molecule has 1 aromatic heterocycles. The second-order valence-electron chi connectivity index (χ2n) is 5.98. The van der Waals surface area contributed by atoms with Gasteiger partial charge in [-0.15, -0.1) is 0 Å². The number of hydrogen-bond donors (Lipinski definition) is 2. The second-order valence-corrected chi connectivity index (χ2v) is 5.98. The molecule has 26 heavy (non-hydrogen) atoms. The molecule has 0 fully saturated rings. The van der Waals surface area contributed by atoms with Gasteiger partial charge in [0.2, 0.25) is 5.75 Å². The van der Waals surface area contributed by atoms with Crippen LogP contribution in [0.3, 0.4) is 0 Å². The highest BCUT2D eigenvalue weighted by atomic mass is 16.5. The van der Waals surface area contributed by atoms with E-state index in [1.54, 1.807) is 12.1 Å². The first-order chi connectivity index (χ1) is 12.5. The van der Waals surface area contributed by atoms with E-state index in [2.05, 4.69) is 6.92 Å². The van der Waals surface area contributed by atoms with Crippen LogP contribution in [0.2, 0.25) is 0 Å². The number of benzene rings is 1. The van der Waals surface area contributed by atoms with Gasteiger partial charge in [-0.25, -0.2) is 4.79 Å². The second kappa shape index (κ2) is 9.70. The summed E-state index contributed by atoms with van der Waals surface area (Å²) in [5.41, 5.74) is -0.560. The lowest BCUT2D eigenvalue weighted by molar-refractivity contribution is -0.137. The van der Waals surface area contributed by atoms with Crippen molar-refractivity contribution in [3.05, 3.63) is 28.6 Å². The molecule has 7 heteroatoms. The monoisotopic (exact) mass is 364 g/mol. The molecule has 0 unspecified atom stereocenters. The minimum atomic E-state index is -0.884. The normalized spacial score (nSPS) is 10.8. The number of carbonyl (C=O) groups is 1. The summed E-state index contributed by atoms with van der Waals surface area (Å²) in [5, 5.41) is 19.3. The van der Waals surface area contributed by atoms with Gasteiger partial charge in [0, 0.05) is 12.5 Å². The van der Waals surface area contributed by atoms with Crippen LogP contribution in [0, 0.1) is 0 Å². The summed E-state index contributed by atoms with van der Waals surface area (Å²) in [6.45, 7) is 2.68. The molecule has 7 nitrogen and oxygen atoms in total. The molecule has 2 N–H and O–H groups in total. The average Bonchev–Trinajstić information content (AvgIpc) is 2.60. The molecule has 0 saturated carbocycles. The average molecular weight is 364 g/mol. The van der Waals surface area contributed by atoms with Crippen molar-refractivity contribution in [2.75, 3.05) is 13.2 Å². The van der Waals surface area contributed by atoms with E-state index < -0.39 is 11.6 Å². The molecule has 1 aromatic carbocycles. The number of rotatable bonds is 11. The summed E-state index contributed by atoms with van der Waals surface area (Å²) in [6.07, 6.45) is 4.38. The van der Waals surface area contributed by atoms with Crippen LogP contribution in [0.4, 0.5) is 0 Å². The molecular weight excluding hydrogens is 340 g/mol. The number of hydrogen-bond acceptors (Lipinski definition) is 6. The summed E-state index contributed by atoms with van der Waals surface area (Å²) in [4.78, 5) is 22.5. The minimum Gasteiger partial charge on any atom is -0.504 e. The van der Waals surface area contributed by atoms with E-state index >= 15 is 0 Å². The Kier molecular flexibility index (Phi) is 7.32. The summed E-state index contributed by atoms with van der Waals surface area (Å²) < 4.78 is 16.1. The molecular formula is C19H24O7. The maximum absolute atomic E-state index is 12.1. The number of aromatic hydroxyl groups is 1. The largest absolute Gasteiger partial charge is 0.504 e. The van der Waals surface area contributed by atoms with E-state index in [0.29, 0.717) is 24.2 Å². The van der Waals surface area contributed by atoms with Gasteiger partial charge in [0.25, 0.3) is 0 Å². The molecule has 0 aliphatic heterocycles. The molecule has 0 saturated heterocycles. The quantitative estimate of drug-likeness (QED) is 0.462. The Labute approximate surface area is 151 Å². The summed E-state index contributed by atoms with van der Waals surface area (Å²) >= 11 is 0. The standard InChI is InChI=1S/C19H24O7/c1-2-3-4-5-10-25-18-17(22)14-9-8-13(12-15(14)26-19(18)23)24-11-6-7-16(20)21/h8-9,12,22H,2-7,10-11H2,1H3,(H,20,21). The number of aliphatic carboxylic acids is 1. The van der Waals surface area contributed by atoms with E-state index in [1.165, 1.54) is 6.07 Å². The Balaban J connectivity index is 2.07. The Bertz CT molecular complexity index is 794. The fraction of sp³-hybridized carbons (Fsp3) is 0.474. The first-order valence-corrected chi connectivity index (χ1v) is 8.80. The van der Waals surface area contributed by atoms with E-state index in [1.807, 2.05) is 0 Å². The van der Waals surface area contributed by atoms with Gasteiger partial charge in [0.1, 0.15) is 11.3 Å². The van der Waals surface area contributed by atoms with Crippen LogP contribution in [0.1, 0.15) is 45.4 Å². The van der Waals surface area contributed by atoms with Crippen molar-refractivity contribution in [3.63, 3.8) is 0 Å². The van der Waals surface area contributed by atoms with Gasteiger partial charge in [-0.05, 0) is 25.0 Å². The lowest BCUT2D eigenvalue weighted by atomic mass is 10.2. The van der Waals surface area contributed by atoms with Gasteiger partial charge < -0.3 is 24.1 Å². The predicted octanol–water partition coefficient (Wildman–Crippen LogP) is 3.70. The molecule has 2 aromatic rings. The van der Waals surface area contributed by atoms with Gasteiger partial charge >= 0.3 is 11.6 Å². The Morgan fingerprint density at radius 3 is 2.62 bits per heavy atom. The highest BCUT2D eigenvalue weighted by Gasteiger charge is 2.16. The molecule has 0 aliphatic rings. The highest BCUT2D eigenvalue weighted by Crippen LogP contribution is 2.33. The third-order valence-corrected chi connectivity index (χ3v) is 3.86. The third kappa shape index (κ3) is 5.40. The predicted molar refractivity (Wildman–Crippen MR) is 96.2 cm³/mol. The number of ether oxygens (including phenoxy) is 2. The zero-order valence-corrected chi connectivity index (χ0v) is 14.8. The molecule has 0 radical (unpaired) electrons. The highest BCUT2D eigenvalue weighted by molar-refractivity contribution is 5.86. The molecule has 1 heterocycles. The first-order valence-electron chi connectivity index (χ1n) is 8.80.